The molecule has 0 saturated carbocycles. The predicted molar refractivity (Wildman–Crippen MR) is 92.4 cm³/mol. The third kappa shape index (κ3) is 3.49. The van der Waals surface area contributed by atoms with E-state index in [-0.39, 0.29) is 11.8 Å². The molecule has 0 unspecified atom stereocenters. The van der Waals surface area contributed by atoms with Crippen LogP contribution < -0.4 is 10.2 Å². The molecule has 23 heavy (non-hydrogen) atoms. The van der Waals surface area contributed by atoms with Crippen molar-refractivity contribution in [2.75, 3.05) is 16.8 Å². The van der Waals surface area contributed by atoms with Crippen LogP contribution in [0.1, 0.15) is 23.2 Å². The molecule has 118 valence electrons. The van der Waals surface area contributed by atoms with Crippen LogP contribution in [0.3, 0.4) is 0 Å². The average molecular weight is 349 g/mol. The Morgan fingerprint density at radius 3 is 2.43 bits per heavy atom. The molecule has 0 radical (unpaired) electrons. The van der Waals surface area contributed by atoms with Crippen LogP contribution in [0.4, 0.5) is 11.4 Å². The molecule has 6 heteroatoms. The highest BCUT2D eigenvalue weighted by atomic mass is 35.5. The Labute approximate surface area is 144 Å². The van der Waals surface area contributed by atoms with Gasteiger partial charge in [0.15, 0.2) is 0 Å². The number of nitrogens with one attached hydrogen (secondary N) is 1. The van der Waals surface area contributed by atoms with Gasteiger partial charge in [-0.1, -0.05) is 23.2 Å². The van der Waals surface area contributed by atoms with Crippen molar-refractivity contribution in [3.8, 4) is 0 Å². The van der Waals surface area contributed by atoms with E-state index in [1.54, 1.807) is 47.4 Å². The molecule has 0 bridgehead atoms. The molecule has 0 spiro atoms. The molecule has 1 aliphatic heterocycles. The van der Waals surface area contributed by atoms with Gasteiger partial charge in [0.05, 0.1) is 10.7 Å². The first kappa shape index (κ1) is 15.8. The number of anilines is 2. The molecule has 1 saturated heterocycles. The van der Waals surface area contributed by atoms with Crippen molar-refractivity contribution >= 4 is 46.4 Å². The van der Waals surface area contributed by atoms with Crippen LogP contribution in [0.25, 0.3) is 0 Å². The van der Waals surface area contributed by atoms with Crippen molar-refractivity contribution in [3.63, 3.8) is 0 Å². The topological polar surface area (TPSA) is 49.4 Å². The molecule has 3 rings (SSSR count). The molecule has 0 atom stereocenters. The monoisotopic (exact) mass is 348 g/mol. The second-order valence-electron chi connectivity index (χ2n) is 5.28. The summed E-state index contributed by atoms with van der Waals surface area (Å²) in [5.41, 5.74) is 1.76. The van der Waals surface area contributed by atoms with Crippen LogP contribution in [0.5, 0.6) is 0 Å². The quantitative estimate of drug-likeness (QED) is 0.894. The fraction of sp³-hybridized carbons (Fsp3) is 0.176. The van der Waals surface area contributed by atoms with E-state index in [1.165, 1.54) is 0 Å². The standard InChI is InChI=1S/C17H14Cl2N2O2/c18-12-5-3-11(4-6-12)17(23)20-13-7-8-15(14(19)10-13)21-9-1-2-16(21)22/h3-8,10H,1-2,9H2,(H,20,23). The first-order chi connectivity index (χ1) is 11.0. The summed E-state index contributed by atoms with van der Waals surface area (Å²) in [5.74, 6) is -0.174. The van der Waals surface area contributed by atoms with Gasteiger partial charge in [-0.05, 0) is 48.9 Å². The Morgan fingerprint density at radius 1 is 1.09 bits per heavy atom. The maximum absolute atomic E-state index is 12.2. The lowest BCUT2D eigenvalue weighted by Gasteiger charge is -2.18. The van der Waals surface area contributed by atoms with Gasteiger partial charge in [-0.2, -0.15) is 0 Å². The minimum absolute atomic E-state index is 0.0739. The highest BCUT2D eigenvalue weighted by Crippen LogP contribution is 2.31. The molecule has 2 aromatic carbocycles. The van der Waals surface area contributed by atoms with Gasteiger partial charge in [-0.15, -0.1) is 0 Å². The maximum Gasteiger partial charge on any atom is 0.255 e. The van der Waals surface area contributed by atoms with Crippen LogP contribution in [0.15, 0.2) is 42.5 Å². The Bertz CT molecular complexity index is 760. The van der Waals surface area contributed by atoms with E-state index in [9.17, 15) is 9.59 Å². The van der Waals surface area contributed by atoms with Gasteiger partial charge in [0.25, 0.3) is 5.91 Å². The van der Waals surface area contributed by atoms with Crippen LogP contribution >= 0.6 is 23.2 Å². The summed E-state index contributed by atoms with van der Waals surface area (Å²) in [6.45, 7) is 0.676. The van der Waals surface area contributed by atoms with Gasteiger partial charge in [0.2, 0.25) is 5.91 Å². The number of hydrogen-bond acceptors (Lipinski definition) is 2. The van der Waals surface area contributed by atoms with Gasteiger partial charge >= 0.3 is 0 Å². The largest absolute Gasteiger partial charge is 0.322 e. The summed E-state index contributed by atoms with van der Waals surface area (Å²) in [4.78, 5) is 25.6. The van der Waals surface area contributed by atoms with Crippen molar-refractivity contribution in [1.82, 2.24) is 0 Å². The summed E-state index contributed by atoms with van der Waals surface area (Å²) >= 11 is 12.1. The molecule has 1 aliphatic rings. The first-order valence-electron chi connectivity index (χ1n) is 7.21. The first-order valence-corrected chi connectivity index (χ1v) is 7.97. The summed E-state index contributed by atoms with van der Waals surface area (Å²) in [7, 11) is 0. The minimum Gasteiger partial charge on any atom is -0.322 e. The van der Waals surface area contributed by atoms with E-state index in [2.05, 4.69) is 5.32 Å². The van der Waals surface area contributed by atoms with E-state index in [4.69, 9.17) is 23.2 Å². The van der Waals surface area contributed by atoms with Crippen LogP contribution in [0, 0.1) is 0 Å². The maximum atomic E-state index is 12.2. The summed E-state index contributed by atoms with van der Waals surface area (Å²) in [6, 6.07) is 11.8. The Hall–Kier alpha value is -2.04. The highest BCUT2D eigenvalue weighted by Gasteiger charge is 2.23. The number of carbonyl (C=O) groups excluding carboxylic acids is 2. The Kier molecular flexibility index (Phi) is 4.55. The SMILES string of the molecule is O=C(Nc1ccc(N2CCCC2=O)c(Cl)c1)c1ccc(Cl)cc1. The predicted octanol–water partition coefficient (Wildman–Crippen LogP) is 4.37. The average Bonchev–Trinajstić information content (AvgIpc) is 2.94. The normalized spacial score (nSPS) is 14.2. The molecule has 2 amide bonds. The third-order valence-electron chi connectivity index (χ3n) is 3.68. The molecule has 0 aromatic heterocycles. The summed E-state index contributed by atoms with van der Waals surface area (Å²) < 4.78 is 0. The number of nitrogens with zero attached hydrogens (tertiary/aromatic N) is 1. The number of benzene rings is 2. The van der Waals surface area contributed by atoms with Crippen molar-refractivity contribution in [2.24, 2.45) is 0 Å². The molecular formula is C17H14Cl2N2O2. The van der Waals surface area contributed by atoms with E-state index < -0.39 is 0 Å². The molecular weight excluding hydrogens is 335 g/mol. The molecule has 4 nitrogen and oxygen atoms in total. The minimum atomic E-state index is -0.247. The fourth-order valence-corrected chi connectivity index (χ4v) is 2.92. The van der Waals surface area contributed by atoms with E-state index in [0.29, 0.717) is 39.9 Å². The molecule has 1 heterocycles. The molecule has 1 N–H and O–H groups in total. The van der Waals surface area contributed by atoms with Crippen LogP contribution in [0.2, 0.25) is 10.0 Å². The molecule has 1 fully saturated rings. The number of hydrogen-bond donors (Lipinski definition) is 1. The van der Waals surface area contributed by atoms with Crippen molar-refractivity contribution in [2.45, 2.75) is 12.8 Å². The fourth-order valence-electron chi connectivity index (χ4n) is 2.51. The lowest BCUT2D eigenvalue weighted by molar-refractivity contribution is -0.117. The lowest BCUT2D eigenvalue weighted by atomic mass is 10.2. The van der Waals surface area contributed by atoms with Gasteiger partial charge in [0.1, 0.15) is 0 Å². The van der Waals surface area contributed by atoms with E-state index in [0.717, 1.165) is 6.42 Å². The second-order valence-corrected chi connectivity index (χ2v) is 6.12. The third-order valence-corrected chi connectivity index (χ3v) is 4.23. The Morgan fingerprint density at radius 2 is 1.83 bits per heavy atom. The van der Waals surface area contributed by atoms with Gasteiger partial charge in [-0.25, -0.2) is 0 Å². The number of rotatable bonds is 3. The smallest absolute Gasteiger partial charge is 0.255 e. The van der Waals surface area contributed by atoms with E-state index in [1.807, 2.05) is 0 Å². The highest BCUT2D eigenvalue weighted by molar-refractivity contribution is 6.34. The van der Waals surface area contributed by atoms with Crippen LogP contribution in [-0.4, -0.2) is 18.4 Å². The lowest BCUT2D eigenvalue weighted by Crippen LogP contribution is -2.24. The number of halogens is 2. The zero-order chi connectivity index (χ0) is 16.4. The number of carbonyl (C=O) groups is 2. The van der Waals surface area contributed by atoms with Crippen molar-refractivity contribution < 1.29 is 9.59 Å². The van der Waals surface area contributed by atoms with Crippen LogP contribution in [-0.2, 0) is 4.79 Å². The zero-order valence-corrected chi connectivity index (χ0v) is 13.7. The van der Waals surface area contributed by atoms with Gasteiger partial charge in [-0.3, -0.25) is 9.59 Å². The van der Waals surface area contributed by atoms with Gasteiger partial charge in [0, 0.05) is 29.2 Å². The van der Waals surface area contributed by atoms with Crippen molar-refractivity contribution in [1.29, 1.82) is 0 Å². The molecule has 2 aromatic rings. The Balaban J connectivity index is 1.76. The van der Waals surface area contributed by atoms with Gasteiger partial charge < -0.3 is 10.2 Å². The summed E-state index contributed by atoms with van der Waals surface area (Å²) in [6.07, 6.45) is 1.38. The van der Waals surface area contributed by atoms with Crippen molar-refractivity contribution in [3.05, 3.63) is 58.1 Å². The second kappa shape index (κ2) is 6.60. The molecule has 0 aliphatic carbocycles. The summed E-state index contributed by atoms with van der Waals surface area (Å²) in [5, 5.41) is 3.79. The zero-order valence-electron chi connectivity index (χ0n) is 12.2. The van der Waals surface area contributed by atoms with E-state index >= 15 is 0 Å². The number of amides is 2.